The van der Waals surface area contributed by atoms with Crippen molar-refractivity contribution in [2.24, 2.45) is 0 Å². The van der Waals surface area contributed by atoms with E-state index in [1.807, 2.05) is 23.1 Å². The highest BCUT2D eigenvalue weighted by molar-refractivity contribution is 5.79. The van der Waals surface area contributed by atoms with Crippen LogP contribution in [0.2, 0.25) is 0 Å². The smallest absolute Gasteiger partial charge is 0.225 e. The molecule has 2 amide bonds. The van der Waals surface area contributed by atoms with Gasteiger partial charge in [0.15, 0.2) is 0 Å². The summed E-state index contributed by atoms with van der Waals surface area (Å²) in [6.45, 7) is 5.06. The maximum absolute atomic E-state index is 13.2. The van der Waals surface area contributed by atoms with Crippen LogP contribution >= 0.6 is 0 Å². The first kappa shape index (κ1) is 19.9. The van der Waals surface area contributed by atoms with Crippen LogP contribution in [0.5, 0.6) is 0 Å². The maximum atomic E-state index is 13.2. The molecule has 1 aromatic carbocycles. The number of benzene rings is 1. The SMILES string of the molecule is COCCC(=O)N1[C@H]2CCCCCN(C(C)=O)[C@@]2(C)C[C@H]1c1ccccc1. The molecule has 0 saturated carbocycles. The maximum Gasteiger partial charge on any atom is 0.225 e. The van der Waals surface area contributed by atoms with Crippen LogP contribution in [0.3, 0.4) is 0 Å². The number of carbonyl (C=O) groups is 2. The largest absolute Gasteiger partial charge is 0.384 e. The molecule has 148 valence electrons. The van der Waals surface area contributed by atoms with Crippen LogP contribution in [0.25, 0.3) is 0 Å². The molecule has 2 aliphatic heterocycles. The quantitative estimate of drug-likeness (QED) is 0.812. The lowest BCUT2D eigenvalue weighted by Crippen LogP contribution is -2.58. The van der Waals surface area contributed by atoms with Crippen LogP contribution in [0.4, 0.5) is 0 Å². The van der Waals surface area contributed by atoms with Gasteiger partial charge in [-0.1, -0.05) is 43.2 Å². The van der Waals surface area contributed by atoms with Crippen LogP contribution in [0.15, 0.2) is 30.3 Å². The Morgan fingerprint density at radius 1 is 1.19 bits per heavy atom. The molecule has 3 rings (SSSR count). The van der Waals surface area contributed by atoms with Crippen molar-refractivity contribution in [3.05, 3.63) is 35.9 Å². The molecule has 0 radical (unpaired) electrons. The molecule has 0 unspecified atom stereocenters. The predicted molar refractivity (Wildman–Crippen MR) is 105 cm³/mol. The van der Waals surface area contributed by atoms with E-state index in [9.17, 15) is 9.59 Å². The molecule has 0 aromatic heterocycles. The zero-order chi connectivity index (χ0) is 19.4. The number of methoxy groups -OCH3 is 1. The van der Waals surface area contributed by atoms with Crippen molar-refractivity contribution in [3.63, 3.8) is 0 Å². The third-order valence-corrected chi connectivity index (χ3v) is 6.34. The van der Waals surface area contributed by atoms with Crippen molar-refractivity contribution < 1.29 is 14.3 Å². The predicted octanol–water partition coefficient (Wildman–Crippen LogP) is 3.55. The summed E-state index contributed by atoms with van der Waals surface area (Å²) < 4.78 is 5.17. The van der Waals surface area contributed by atoms with Crippen LogP contribution in [0.1, 0.15) is 64.0 Å². The van der Waals surface area contributed by atoms with E-state index >= 15 is 0 Å². The lowest BCUT2D eigenvalue weighted by atomic mass is 9.83. The fraction of sp³-hybridized carbons (Fsp3) is 0.636. The molecular formula is C22H32N2O3. The van der Waals surface area contributed by atoms with Gasteiger partial charge in [-0.25, -0.2) is 0 Å². The normalized spacial score (nSPS) is 28.4. The topological polar surface area (TPSA) is 49.9 Å². The van der Waals surface area contributed by atoms with E-state index in [-0.39, 0.29) is 29.4 Å². The number of fused-ring (bicyclic) bond motifs is 1. The summed E-state index contributed by atoms with van der Waals surface area (Å²) in [6.07, 6.45) is 5.36. The molecule has 2 aliphatic rings. The molecule has 5 heteroatoms. The first-order valence-corrected chi connectivity index (χ1v) is 10.1. The molecule has 0 aliphatic carbocycles. The standard InChI is InChI=1S/C22H32N2O3/c1-17(25)23-14-9-5-8-12-20-22(23,2)16-19(18-10-6-4-7-11-18)24(20)21(26)13-15-27-3/h4,6-7,10-11,19-20H,5,8-9,12-16H2,1-3H3/t19-,20-,22-/m0/s1. The zero-order valence-electron chi connectivity index (χ0n) is 16.8. The van der Waals surface area contributed by atoms with Gasteiger partial charge in [-0.2, -0.15) is 0 Å². The van der Waals surface area contributed by atoms with E-state index in [0.717, 1.165) is 44.2 Å². The number of likely N-dealkylation sites (tertiary alicyclic amines) is 2. The Bertz CT molecular complexity index is 663. The van der Waals surface area contributed by atoms with Gasteiger partial charge in [0.1, 0.15) is 0 Å². The summed E-state index contributed by atoms with van der Waals surface area (Å²) in [6, 6.07) is 10.3. The number of hydrogen-bond donors (Lipinski definition) is 0. The average Bonchev–Trinajstić information content (AvgIpc) is 2.93. The highest BCUT2D eigenvalue weighted by Gasteiger charge is 2.54. The molecule has 0 N–H and O–H groups in total. The fourth-order valence-corrected chi connectivity index (χ4v) is 5.06. The van der Waals surface area contributed by atoms with Gasteiger partial charge in [0.05, 0.1) is 30.7 Å². The van der Waals surface area contributed by atoms with E-state index in [2.05, 4.69) is 24.0 Å². The van der Waals surface area contributed by atoms with Crippen LogP contribution in [-0.4, -0.2) is 53.5 Å². The molecule has 0 bridgehead atoms. The summed E-state index contributed by atoms with van der Waals surface area (Å²) in [5.74, 6) is 0.242. The highest BCUT2D eigenvalue weighted by atomic mass is 16.5. The highest BCUT2D eigenvalue weighted by Crippen LogP contribution is 2.48. The Balaban J connectivity index is 2.02. The first-order chi connectivity index (χ1) is 13.0. The van der Waals surface area contributed by atoms with Gasteiger partial charge < -0.3 is 14.5 Å². The van der Waals surface area contributed by atoms with Gasteiger partial charge in [0.2, 0.25) is 11.8 Å². The minimum absolute atomic E-state index is 0.00510. The van der Waals surface area contributed by atoms with Crippen molar-refractivity contribution in [2.45, 2.75) is 70.0 Å². The summed E-state index contributed by atoms with van der Waals surface area (Å²) in [7, 11) is 1.63. The van der Waals surface area contributed by atoms with Crippen molar-refractivity contribution in [1.82, 2.24) is 9.80 Å². The molecule has 0 spiro atoms. The Hall–Kier alpha value is -1.88. The third kappa shape index (κ3) is 3.88. The van der Waals surface area contributed by atoms with Gasteiger partial charge in [-0.3, -0.25) is 9.59 Å². The molecule has 5 nitrogen and oxygen atoms in total. The number of ether oxygens (including phenoxy) is 1. The Morgan fingerprint density at radius 2 is 1.93 bits per heavy atom. The third-order valence-electron chi connectivity index (χ3n) is 6.34. The average molecular weight is 373 g/mol. The first-order valence-electron chi connectivity index (χ1n) is 10.1. The molecule has 27 heavy (non-hydrogen) atoms. The zero-order valence-corrected chi connectivity index (χ0v) is 16.8. The van der Waals surface area contributed by atoms with E-state index in [1.165, 1.54) is 0 Å². The lowest BCUT2D eigenvalue weighted by Gasteiger charge is -2.45. The van der Waals surface area contributed by atoms with E-state index < -0.39 is 0 Å². The number of rotatable bonds is 4. The molecule has 2 saturated heterocycles. The monoisotopic (exact) mass is 372 g/mol. The van der Waals surface area contributed by atoms with E-state index in [4.69, 9.17) is 4.74 Å². The van der Waals surface area contributed by atoms with Crippen molar-refractivity contribution in [2.75, 3.05) is 20.3 Å². The van der Waals surface area contributed by atoms with Crippen molar-refractivity contribution in [3.8, 4) is 0 Å². The fourth-order valence-electron chi connectivity index (χ4n) is 5.06. The molecule has 2 heterocycles. The number of hydrogen-bond acceptors (Lipinski definition) is 3. The van der Waals surface area contributed by atoms with Gasteiger partial charge in [0, 0.05) is 20.6 Å². The van der Waals surface area contributed by atoms with E-state index in [0.29, 0.717) is 13.0 Å². The molecule has 2 fully saturated rings. The van der Waals surface area contributed by atoms with E-state index in [1.54, 1.807) is 14.0 Å². The van der Waals surface area contributed by atoms with Gasteiger partial charge in [-0.05, 0) is 31.7 Å². The Morgan fingerprint density at radius 3 is 2.59 bits per heavy atom. The number of amides is 2. The second-order valence-corrected chi connectivity index (χ2v) is 8.07. The number of carbonyl (C=O) groups excluding carboxylic acids is 2. The Kier molecular flexibility index (Phi) is 6.20. The van der Waals surface area contributed by atoms with Crippen molar-refractivity contribution >= 4 is 11.8 Å². The van der Waals surface area contributed by atoms with Crippen molar-refractivity contribution in [1.29, 1.82) is 0 Å². The second-order valence-electron chi connectivity index (χ2n) is 8.07. The van der Waals surface area contributed by atoms with Crippen LogP contribution < -0.4 is 0 Å². The van der Waals surface area contributed by atoms with Gasteiger partial charge >= 0.3 is 0 Å². The second kappa shape index (κ2) is 8.42. The summed E-state index contributed by atoms with van der Waals surface area (Å²) in [5, 5.41) is 0. The summed E-state index contributed by atoms with van der Waals surface area (Å²) in [5.41, 5.74) is 0.829. The molecule has 3 atom stereocenters. The van der Waals surface area contributed by atoms with Gasteiger partial charge in [0.25, 0.3) is 0 Å². The number of nitrogens with zero attached hydrogens (tertiary/aromatic N) is 2. The summed E-state index contributed by atoms with van der Waals surface area (Å²) in [4.78, 5) is 29.8. The van der Waals surface area contributed by atoms with Gasteiger partial charge in [-0.15, -0.1) is 0 Å². The van der Waals surface area contributed by atoms with Crippen LogP contribution in [-0.2, 0) is 14.3 Å². The molecular weight excluding hydrogens is 340 g/mol. The minimum Gasteiger partial charge on any atom is -0.384 e. The summed E-state index contributed by atoms with van der Waals surface area (Å²) >= 11 is 0. The van der Waals surface area contributed by atoms with Crippen LogP contribution in [0, 0.1) is 0 Å². The lowest BCUT2D eigenvalue weighted by molar-refractivity contribution is -0.142. The minimum atomic E-state index is -0.324. The Labute approximate surface area is 162 Å². The molecule has 1 aromatic rings.